The van der Waals surface area contributed by atoms with Gasteiger partial charge in [-0.25, -0.2) is 8.42 Å². The predicted molar refractivity (Wildman–Crippen MR) is 99.2 cm³/mol. The minimum absolute atomic E-state index is 0.0246. The summed E-state index contributed by atoms with van der Waals surface area (Å²) in [6.07, 6.45) is 1.65. The van der Waals surface area contributed by atoms with E-state index in [2.05, 4.69) is 0 Å². The van der Waals surface area contributed by atoms with E-state index in [1.165, 1.54) is 17.0 Å². The van der Waals surface area contributed by atoms with Crippen molar-refractivity contribution in [3.8, 4) is 0 Å². The molecule has 26 heavy (non-hydrogen) atoms. The maximum Gasteiger partial charge on any atom is 0.261 e. The van der Waals surface area contributed by atoms with Crippen molar-refractivity contribution in [2.24, 2.45) is 0 Å². The van der Waals surface area contributed by atoms with E-state index in [1.54, 1.807) is 36.4 Å². The number of fused-ring (bicyclic) bond motifs is 1. The molecule has 5 nitrogen and oxygen atoms in total. The van der Waals surface area contributed by atoms with Crippen molar-refractivity contribution < 1.29 is 18.0 Å². The van der Waals surface area contributed by atoms with E-state index < -0.39 is 9.84 Å². The van der Waals surface area contributed by atoms with Gasteiger partial charge in [0.15, 0.2) is 9.84 Å². The number of imide groups is 1. The van der Waals surface area contributed by atoms with E-state index in [1.807, 2.05) is 0 Å². The Morgan fingerprint density at radius 3 is 1.96 bits per heavy atom. The number of amides is 2. The van der Waals surface area contributed by atoms with Crippen molar-refractivity contribution in [2.75, 3.05) is 12.3 Å². The summed E-state index contributed by atoms with van der Waals surface area (Å²) in [7, 11) is -3.35. The molecule has 7 heteroatoms. The van der Waals surface area contributed by atoms with Crippen molar-refractivity contribution >= 4 is 33.3 Å². The Labute approximate surface area is 157 Å². The molecule has 0 unspecified atom stereocenters. The molecule has 2 aromatic rings. The summed E-state index contributed by atoms with van der Waals surface area (Å²) in [5.41, 5.74) is 0.866. The molecule has 1 aliphatic rings. The van der Waals surface area contributed by atoms with Crippen LogP contribution in [0.5, 0.6) is 0 Å². The van der Waals surface area contributed by atoms with Gasteiger partial charge < -0.3 is 0 Å². The Morgan fingerprint density at radius 2 is 1.38 bits per heavy atom. The van der Waals surface area contributed by atoms with Crippen LogP contribution in [0.1, 0.15) is 40.0 Å². The normalized spacial score (nSPS) is 14.0. The Bertz CT molecular complexity index is 903. The Hall–Kier alpha value is -2.18. The maximum absolute atomic E-state index is 12.3. The monoisotopic (exact) mass is 391 g/mol. The first kappa shape index (κ1) is 18.6. The number of hydrogen-bond acceptors (Lipinski definition) is 4. The van der Waals surface area contributed by atoms with E-state index in [9.17, 15) is 18.0 Å². The van der Waals surface area contributed by atoms with Crippen LogP contribution in [0.25, 0.3) is 0 Å². The molecule has 0 spiro atoms. The second-order valence-corrected chi connectivity index (χ2v) is 8.69. The van der Waals surface area contributed by atoms with Crippen molar-refractivity contribution in [1.29, 1.82) is 0 Å². The molecular weight excluding hydrogens is 374 g/mol. The van der Waals surface area contributed by atoms with Crippen molar-refractivity contribution in [2.45, 2.75) is 24.2 Å². The van der Waals surface area contributed by atoms with Gasteiger partial charge in [-0.2, -0.15) is 0 Å². The minimum atomic E-state index is -3.35. The summed E-state index contributed by atoms with van der Waals surface area (Å²) in [5, 5.41) is 0.491. The van der Waals surface area contributed by atoms with Gasteiger partial charge in [-0.3, -0.25) is 14.5 Å². The molecule has 2 amide bonds. The molecule has 0 saturated carbocycles. The second kappa shape index (κ2) is 7.60. The SMILES string of the molecule is O=C1c2ccccc2C(=O)N1CCCCCS(=O)(=O)c1ccc(Cl)cc1. The lowest BCUT2D eigenvalue weighted by Crippen LogP contribution is -2.30. The van der Waals surface area contributed by atoms with Gasteiger partial charge >= 0.3 is 0 Å². The molecule has 2 aromatic carbocycles. The van der Waals surface area contributed by atoms with Gasteiger partial charge in [0.1, 0.15) is 0 Å². The Kier molecular flexibility index (Phi) is 5.44. The first-order valence-corrected chi connectivity index (χ1v) is 10.4. The number of benzene rings is 2. The molecule has 0 aromatic heterocycles. The number of hydrogen-bond donors (Lipinski definition) is 0. The van der Waals surface area contributed by atoms with E-state index in [0.717, 1.165) is 0 Å². The van der Waals surface area contributed by atoms with Gasteiger partial charge in [-0.1, -0.05) is 30.2 Å². The lowest BCUT2D eigenvalue weighted by atomic mass is 10.1. The average molecular weight is 392 g/mol. The van der Waals surface area contributed by atoms with Crippen molar-refractivity contribution in [1.82, 2.24) is 4.90 Å². The number of sulfone groups is 1. The fourth-order valence-electron chi connectivity index (χ4n) is 2.94. The van der Waals surface area contributed by atoms with E-state index in [0.29, 0.717) is 42.0 Å². The minimum Gasteiger partial charge on any atom is -0.274 e. The zero-order valence-electron chi connectivity index (χ0n) is 14.0. The van der Waals surface area contributed by atoms with E-state index >= 15 is 0 Å². The fourth-order valence-corrected chi connectivity index (χ4v) is 4.44. The molecule has 0 saturated heterocycles. The van der Waals surface area contributed by atoms with Gasteiger partial charge in [-0.05, 0) is 49.2 Å². The Morgan fingerprint density at radius 1 is 0.808 bits per heavy atom. The zero-order chi connectivity index (χ0) is 18.7. The third-order valence-electron chi connectivity index (χ3n) is 4.35. The van der Waals surface area contributed by atoms with Crippen LogP contribution in [-0.2, 0) is 9.84 Å². The number of carbonyl (C=O) groups excluding carboxylic acids is 2. The van der Waals surface area contributed by atoms with Gasteiger partial charge in [0, 0.05) is 11.6 Å². The van der Waals surface area contributed by atoms with Gasteiger partial charge in [0.05, 0.1) is 21.8 Å². The van der Waals surface area contributed by atoms with Crippen LogP contribution in [0.2, 0.25) is 5.02 Å². The lowest BCUT2D eigenvalue weighted by molar-refractivity contribution is 0.0651. The molecular formula is C19H18ClNO4S. The highest BCUT2D eigenvalue weighted by Crippen LogP contribution is 2.23. The van der Waals surface area contributed by atoms with Crippen LogP contribution in [-0.4, -0.2) is 37.4 Å². The highest BCUT2D eigenvalue weighted by atomic mass is 35.5. The van der Waals surface area contributed by atoms with Gasteiger partial charge in [-0.15, -0.1) is 0 Å². The number of unbranched alkanes of at least 4 members (excludes halogenated alkanes) is 2. The maximum atomic E-state index is 12.3. The van der Waals surface area contributed by atoms with Crippen molar-refractivity contribution in [3.05, 3.63) is 64.7 Å². The topological polar surface area (TPSA) is 71.5 Å². The summed E-state index contributed by atoms with van der Waals surface area (Å²) >= 11 is 5.77. The molecule has 1 heterocycles. The van der Waals surface area contributed by atoms with Crippen LogP contribution < -0.4 is 0 Å². The van der Waals surface area contributed by atoms with Crippen LogP contribution in [0.4, 0.5) is 0 Å². The number of carbonyl (C=O) groups is 2. The molecule has 0 radical (unpaired) electrons. The van der Waals surface area contributed by atoms with Gasteiger partial charge in [0.25, 0.3) is 11.8 Å². The first-order chi connectivity index (χ1) is 12.4. The van der Waals surface area contributed by atoms with Crippen LogP contribution >= 0.6 is 11.6 Å². The van der Waals surface area contributed by atoms with E-state index in [-0.39, 0.29) is 22.5 Å². The summed E-state index contributed by atoms with van der Waals surface area (Å²) in [5.74, 6) is -0.532. The molecule has 0 atom stereocenters. The predicted octanol–water partition coefficient (Wildman–Crippen LogP) is 3.58. The molecule has 3 rings (SSSR count). The first-order valence-electron chi connectivity index (χ1n) is 8.34. The highest BCUT2D eigenvalue weighted by molar-refractivity contribution is 7.91. The quantitative estimate of drug-likeness (QED) is 0.534. The second-order valence-electron chi connectivity index (χ2n) is 6.14. The molecule has 136 valence electrons. The smallest absolute Gasteiger partial charge is 0.261 e. The molecule has 0 aliphatic carbocycles. The zero-order valence-corrected chi connectivity index (χ0v) is 15.6. The fraction of sp³-hybridized carbons (Fsp3) is 0.263. The largest absolute Gasteiger partial charge is 0.274 e. The third-order valence-corrected chi connectivity index (χ3v) is 6.41. The summed E-state index contributed by atoms with van der Waals surface area (Å²) in [4.78, 5) is 26.0. The average Bonchev–Trinajstić information content (AvgIpc) is 2.87. The molecule has 0 fully saturated rings. The van der Waals surface area contributed by atoms with E-state index in [4.69, 9.17) is 11.6 Å². The molecule has 0 N–H and O–H groups in total. The summed E-state index contributed by atoms with van der Waals surface area (Å²) in [6, 6.07) is 12.9. The van der Waals surface area contributed by atoms with Crippen molar-refractivity contribution in [3.63, 3.8) is 0 Å². The summed E-state index contributed by atoms with van der Waals surface area (Å²) < 4.78 is 24.5. The number of nitrogens with zero attached hydrogens (tertiary/aromatic N) is 1. The van der Waals surface area contributed by atoms with Crippen LogP contribution in [0, 0.1) is 0 Å². The van der Waals surface area contributed by atoms with Gasteiger partial charge in [0.2, 0.25) is 0 Å². The Balaban J connectivity index is 1.49. The lowest BCUT2D eigenvalue weighted by Gasteiger charge is -2.13. The van der Waals surface area contributed by atoms with Crippen LogP contribution in [0.3, 0.4) is 0 Å². The number of rotatable bonds is 7. The highest BCUT2D eigenvalue weighted by Gasteiger charge is 2.34. The number of halogens is 1. The summed E-state index contributed by atoms with van der Waals surface area (Å²) in [6.45, 7) is 0.299. The third kappa shape index (κ3) is 3.81. The molecule has 0 bridgehead atoms. The van der Waals surface area contributed by atoms with Crippen LogP contribution in [0.15, 0.2) is 53.4 Å². The molecule has 1 aliphatic heterocycles. The standard InChI is InChI=1S/C19H18ClNO4S/c20-14-8-10-15(11-9-14)26(24,25)13-5-1-4-12-21-18(22)16-6-2-3-7-17(16)19(21)23/h2-3,6-11H,1,4-5,12-13H2.